The predicted octanol–water partition coefficient (Wildman–Crippen LogP) is 1.65. The summed E-state index contributed by atoms with van der Waals surface area (Å²) in [5, 5.41) is 3.46. The Hall–Kier alpha value is -0.120. The Morgan fingerprint density at radius 3 is 2.41 bits per heavy atom. The Morgan fingerprint density at radius 2 is 2.00 bits per heavy atom. The second-order valence-electron chi connectivity index (χ2n) is 6.70. The largest absolute Gasteiger partial charge is 0.316 e. The van der Waals surface area contributed by atoms with Crippen molar-refractivity contribution in [2.24, 2.45) is 5.41 Å². The SMILES string of the molecule is CNC(CCN1CCC(N(C)C)C1)C(C)(C)C. The molecule has 0 bridgehead atoms. The molecule has 3 heteroatoms. The van der Waals surface area contributed by atoms with Crippen LogP contribution in [-0.4, -0.2) is 62.7 Å². The lowest BCUT2D eigenvalue weighted by atomic mass is 9.85. The Morgan fingerprint density at radius 1 is 1.35 bits per heavy atom. The van der Waals surface area contributed by atoms with Gasteiger partial charge in [0.1, 0.15) is 0 Å². The second kappa shape index (κ2) is 6.17. The Labute approximate surface area is 108 Å². The van der Waals surface area contributed by atoms with E-state index in [0.717, 1.165) is 6.04 Å². The highest BCUT2D eigenvalue weighted by molar-refractivity contribution is 4.84. The molecule has 0 aromatic carbocycles. The van der Waals surface area contributed by atoms with Crippen LogP contribution in [0.3, 0.4) is 0 Å². The van der Waals surface area contributed by atoms with E-state index in [0.29, 0.717) is 11.5 Å². The Bertz CT molecular complexity index is 220. The fourth-order valence-electron chi connectivity index (χ4n) is 2.76. The first kappa shape index (κ1) is 14.9. The number of hydrogen-bond donors (Lipinski definition) is 1. The van der Waals surface area contributed by atoms with Crippen molar-refractivity contribution in [3.8, 4) is 0 Å². The maximum absolute atomic E-state index is 3.46. The van der Waals surface area contributed by atoms with E-state index in [1.165, 1.54) is 32.5 Å². The smallest absolute Gasteiger partial charge is 0.0229 e. The highest BCUT2D eigenvalue weighted by Gasteiger charge is 2.27. The van der Waals surface area contributed by atoms with Crippen molar-refractivity contribution < 1.29 is 0 Å². The van der Waals surface area contributed by atoms with Gasteiger partial charge in [-0.15, -0.1) is 0 Å². The summed E-state index contributed by atoms with van der Waals surface area (Å²) in [4.78, 5) is 4.97. The summed E-state index contributed by atoms with van der Waals surface area (Å²) in [5.74, 6) is 0. The van der Waals surface area contributed by atoms with Crippen LogP contribution in [0.15, 0.2) is 0 Å². The molecule has 0 aliphatic carbocycles. The van der Waals surface area contributed by atoms with Gasteiger partial charge in [0, 0.05) is 18.6 Å². The molecular formula is C14H31N3. The molecule has 3 nitrogen and oxygen atoms in total. The van der Waals surface area contributed by atoms with Gasteiger partial charge in [0.2, 0.25) is 0 Å². The van der Waals surface area contributed by atoms with E-state index >= 15 is 0 Å². The van der Waals surface area contributed by atoms with Crippen LogP contribution in [-0.2, 0) is 0 Å². The molecule has 1 fully saturated rings. The molecule has 0 radical (unpaired) electrons. The highest BCUT2D eigenvalue weighted by atomic mass is 15.2. The summed E-state index contributed by atoms with van der Waals surface area (Å²) >= 11 is 0. The summed E-state index contributed by atoms with van der Waals surface area (Å²) in [6.45, 7) is 10.7. The number of likely N-dealkylation sites (N-methyl/N-ethyl adjacent to an activating group) is 1. The second-order valence-corrected chi connectivity index (χ2v) is 6.70. The highest BCUT2D eigenvalue weighted by Crippen LogP contribution is 2.22. The average Bonchev–Trinajstić information content (AvgIpc) is 2.65. The van der Waals surface area contributed by atoms with Crippen molar-refractivity contribution >= 4 is 0 Å². The molecule has 0 aromatic heterocycles. The lowest BCUT2D eigenvalue weighted by Crippen LogP contribution is -2.41. The van der Waals surface area contributed by atoms with E-state index in [4.69, 9.17) is 0 Å². The molecule has 1 aliphatic heterocycles. The van der Waals surface area contributed by atoms with E-state index in [-0.39, 0.29) is 0 Å². The summed E-state index contributed by atoms with van der Waals surface area (Å²) < 4.78 is 0. The van der Waals surface area contributed by atoms with Crippen LogP contribution in [0.25, 0.3) is 0 Å². The lowest BCUT2D eigenvalue weighted by molar-refractivity contribution is 0.219. The van der Waals surface area contributed by atoms with Crippen LogP contribution < -0.4 is 5.32 Å². The maximum Gasteiger partial charge on any atom is 0.0229 e. The maximum atomic E-state index is 3.46. The van der Waals surface area contributed by atoms with Gasteiger partial charge < -0.3 is 15.1 Å². The van der Waals surface area contributed by atoms with Crippen LogP contribution in [0.1, 0.15) is 33.6 Å². The van der Waals surface area contributed by atoms with Gasteiger partial charge in [-0.25, -0.2) is 0 Å². The molecule has 102 valence electrons. The molecule has 17 heavy (non-hydrogen) atoms. The predicted molar refractivity (Wildman–Crippen MR) is 75.5 cm³/mol. The molecular weight excluding hydrogens is 210 g/mol. The molecule has 0 aromatic rings. The summed E-state index contributed by atoms with van der Waals surface area (Å²) in [6, 6.07) is 1.37. The van der Waals surface area contributed by atoms with Crippen molar-refractivity contribution in [3.63, 3.8) is 0 Å². The molecule has 0 saturated carbocycles. The molecule has 1 aliphatic rings. The van der Waals surface area contributed by atoms with Gasteiger partial charge in [-0.2, -0.15) is 0 Å². The van der Waals surface area contributed by atoms with Gasteiger partial charge in [-0.3, -0.25) is 0 Å². The van der Waals surface area contributed by atoms with Crippen molar-refractivity contribution in [2.45, 2.75) is 45.7 Å². The molecule has 2 unspecified atom stereocenters. The zero-order chi connectivity index (χ0) is 13.1. The monoisotopic (exact) mass is 241 g/mol. The van der Waals surface area contributed by atoms with Crippen LogP contribution >= 0.6 is 0 Å². The fraction of sp³-hybridized carbons (Fsp3) is 1.00. The summed E-state index contributed by atoms with van der Waals surface area (Å²) in [5.41, 5.74) is 0.357. The van der Waals surface area contributed by atoms with Gasteiger partial charge in [-0.1, -0.05) is 20.8 Å². The molecule has 1 rings (SSSR count). The van der Waals surface area contributed by atoms with Crippen LogP contribution in [0, 0.1) is 5.41 Å². The zero-order valence-corrected chi connectivity index (χ0v) is 12.6. The first-order chi connectivity index (χ1) is 7.84. The van der Waals surface area contributed by atoms with Crippen LogP contribution in [0.4, 0.5) is 0 Å². The Balaban J connectivity index is 2.32. The van der Waals surface area contributed by atoms with E-state index in [1.54, 1.807) is 0 Å². The van der Waals surface area contributed by atoms with Crippen molar-refractivity contribution in [1.29, 1.82) is 0 Å². The topological polar surface area (TPSA) is 18.5 Å². The number of rotatable bonds is 5. The standard InChI is InChI=1S/C14H31N3/c1-14(2,3)13(15-4)8-10-17-9-7-12(11-17)16(5)6/h12-13,15H,7-11H2,1-6H3. The van der Waals surface area contributed by atoms with E-state index in [1.807, 2.05) is 0 Å². The third-order valence-corrected chi connectivity index (χ3v) is 4.11. The third-order valence-electron chi connectivity index (χ3n) is 4.11. The van der Waals surface area contributed by atoms with Gasteiger partial charge in [-0.05, 0) is 52.5 Å². The minimum atomic E-state index is 0.357. The van der Waals surface area contributed by atoms with Gasteiger partial charge in [0.05, 0.1) is 0 Å². The molecule has 2 atom stereocenters. The van der Waals surface area contributed by atoms with Crippen molar-refractivity contribution in [1.82, 2.24) is 15.1 Å². The van der Waals surface area contributed by atoms with Crippen LogP contribution in [0.5, 0.6) is 0 Å². The zero-order valence-electron chi connectivity index (χ0n) is 12.6. The fourth-order valence-corrected chi connectivity index (χ4v) is 2.76. The normalized spacial score (nSPS) is 24.5. The van der Waals surface area contributed by atoms with Gasteiger partial charge in [0.25, 0.3) is 0 Å². The lowest BCUT2D eigenvalue weighted by Gasteiger charge is -2.32. The average molecular weight is 241 g/mol. The first-order valence-electron chi connectivity index (χ1n) is 6.90. The van der Waals surface area contributed by atoms with Crippen LogP contribution in [0.2, 0.25) is 0 Å². The molecule has 1 heterocycles. The number of hydrogen-bond acceptors (Lipinski definition) is 3. The molecule has 0 amide bonds. The Kier molecular flexibility index (Phi) is 5.42. The van der Waals surface area contributed by atoms with Gasteiger partial charge in [0.15, 0.2) is 0 Å². The quantitative estimate of drug-likeness (QED) is 0.789. The van der Waals surface area contributed by atoms with Crippen molar-refractivity contribution in [3.05, 3.63) is 0 Å². The molecule has 0 spiro atoms. The van der Waals surface area contributed by atoms with E-state index < -0.39 is 0 Å². The van der Waals surface area contributed by atoms with E-state index in [9.17, 15) is 0 Å². The number of likely N-dealkylation sites (tertiary alicyclic amines) is 1. The number of nitrogens with one attached hydrogen (secondary N) is 1. The summed E-state index contributed by atoms with van der Waals surface area (Å²) in [6.07, 6.45) is 2.58. The molecule has 1 saturated heterocycles. The van der Waals surface area contributed by atoms with Crippen molar-refractivity contribution in [2.75, 3.05) is 40.8 Å². The first-order valence-corrected chi connectivity index (χ1v) is 6.90. The number of nitrogens with zero attached hydrogens (tertiary/aromatic N) is 2. The minimum Gasteiger partial charge on any atom is -0.316 e. The molecule has 1 N–H and O–H groups in total. The van der Waals surface area contributed by atoms with E-state index in [2.05, 4.69) is 57.0 Å². The third kappa shape index (κ3) is 4.57. The van der Waals surface area contributed by atoms with Gasteiger partial charge >= 0.3 is 0 Å². The summed E-state index contributed by atoms with van der Waals surface area (Å²) in [7, 11) is 6.47. The minimum absolute atomic E-state index is 0.357.